The van der Waals surface area contributed by atoms with Crippen LogP contribution in [0.25, 0.3) is 0 Å². The number of amides is 1. The molecule has 0 heterocycles. The highest BCUT2D eigenvalue weighted by atomic mass is 19.4. The summed E-state index contributed by atoms with van der Waals surface area (Å²) in [6.07, 6.45) is -5.82. The topological polar surface area (TPSA) is 72.7 Å². The van der Waals surface area contributed by atoms with Crippen molar-refractivity contribution in [3.05, 3.63) is 39.9 Å². The van der Waals surface area contributed by atoms with Crippen LogP contribution in [0.1, 0.15) is 5.56 Å². The fraction of sp³-hybridized carbons (Fsp3) is 0.364. The molecule has 1 aromatic carbocycles. The number of rotatable bonds is 4. The van der Waals surface area contributed by atoms with Crippen molar-refractivity contribution in [2.45, 2.75) is 12.7 Å². The van der Waals surface area contributed by atoms with E-state index in [-0.39, 0.29) is 17.8 Å². The average molecular weight is 292 g/mol. The Labute approximate surface area is 111 Å². The number of ether oxygens (including phenoxy) is 1. The minimum Gasteiger partial charge on any atom is -0.440 e. The van der Waals surface area contributed by atoms with Crippen LogP contribution in [0, 0.1) is 10.1 Å². The van der Waals surface area contributed by atoms with Gasteiger partial charge in [-0.25, -0.2) is 4.79 Å². The van der Waals surface area contributed by atoms with Gasteiger partial charge in [-0.15, -0.1) is 0 Å². The monoisotopic (exact) mass is 292 g/mol. The van der Waals surface area contributed by atoms with Crippen LogP contribution in [-0.2, 0) is 11.3 Å². The van der Waals surface area contributed by atoms with Crippen LogP contribution in [0.4, 0.5) is 23.7 Å². The molecule has 9 heteroatoms. The van der Waals surface area contributed by atoms with E-state index in [1.807, 2.05) is 0 Å². The standard InChI is InChI=1S/C11H11F3N2O4/c1-15(10(17)20-7-11(12,13)14)6-8-4-2-3-5-9(8)16(18)19/h2-5H,6-7H2,1H3. The van der Waals surface area contributed by atoms with Crippen LogP contribution in [0.3, 0.4) is 0 Å². The molecule has 0 aromatic heterocycles. The number of carbonyl (C=O) groups is 1. The van der Waals surface area contributed by atoms with E-state index in [0.717, 1.165) is 4.90 Å². The van der Waals surface area contributed by atoms with Crippen molar-refractivity contribution in [1.82, 2.24) is 4.90 Å². The summed E-state index contributed by atoms with van der Waals surface area (Å²) in [5, 5.41) is 10.8. The Morgan fingerprint density at radius 3 is 2.55 bits per heavy atom. The summed E-state index contributed by atoms with van der Waals surface area (Å²) in [6, 6.07) is 5.62. The molecular weight excluding hydrogens is 281 g/mol. The molecule has 0 atom stereocenters. The van der Waals surface area contributed by atoms with E-state index in [1.165, 1.54) is 31.3 Å². The Morgan fingerprint density at radius 2 is 2.00 bits per heavy atom. The summed E-state index contributed by atoms with van der Waals surface area (Å²) in [7, 11) is 1.19. The number of halogens is 3. The van der Waals surface area contributed by atoms with Gasteiger partial charge in [-0.3, -0.25) is 10.1 Å². The minimum absolute atomic E-state index is 0.198. The van der Waals surface area contributed by atoms with Crippen LogP contribution >= 0.6 is 0 Å². The molecule has 0 bridgehead atoms. The second kappa shape index (κ2) is 6.22. The minimum atomic E-state index is -4.62. The first-order valence-electron chi connectivity index (χ1n) is 5.37. The molecule has 0 fully saturated rings. The Bertz CT molecular complexity index is 505. The molecule has 0 N–H and O–H groups in total. The SMILES string of the molecule is CN(Cc1ccccc1[N+](=O)[O-])C(=O)OCC(F)(F)F. The first-order chi connectivity index (χ1) is 9.20. The predicted octanol–water partition coefficient (Wildman–Crippen LogP) is 2.73. The third-order valence-electron chi connectivity index (χ3n) is 2.27. The molecule has 0 spiro atoms. The summed E-state index contributed by atoms with van der Waals surface area (Å²) in [5.74, 6) is 0. The van der Waals surface area contributed by atoms with Gasteiger partial charge in [0.15, 0.2) is 6.61 Å². The summed E-state index contributed by atoms with van der Waals surface area (Å²) < 4.78 is 39.7. The molecule has 0 aliphatic heterocycles. The molecule has 0 aliphatic rings. The molecule has 0 aliphatic carbocycles. The largest absolute Gasteiger partial charge is 0.440 e. The molecule has 0 saturated carbocycles. The zero-order valence-electron chi connectivity index (χ0n) is 10.4. The molecule has 1 rings (SSSR count). The average Bonchev–Trinajstić information content (AvgIpc) is 2.35. The highest BCUT2D eigenvalue weighted by molar-refractivity contribution is 5.67. The lowest BCUT2D eigenvalue weighted by atomic mass is 10.2. The first kappa shape index (κ1) is 15.7. The van der Waals surface area contributed by atoms with E-state index in [9.17, 15) is 28.1 Å². The smallest absolute Gasteiger partial charge is 0.422 e. The van der Waals surface area contributed by atoms with Crippen molar-refractivity contribution >= 4 is 11.8 Å². The number of para-hydroxylation sites is 1. The molecule has 6 nitrogen and oxygen atoms in total. The summed E-state index contributed by atoms with van der Waals surface area (Å²) >= 11 is 0. The fourth-order valence-corrected chi connectivity index (χ4v) is 1.40. The Hall–Kier alpha value is -2.32. The second-order valence-electron chi connectivity index (χ2n) is 3.91. The van der Waals surface area contributed by atoms with Crippen molar-refractivity contribution in [2.24, 2.45) is 0 Å². The Balaban J connectivity index is 2.69. The first-order valence-corrected chi connectivity index (χ1v) is 5.37. The third kappa shape index (κ3) is 4.75. The van der Waals surface area contributed by atoms with Crippen molar-refractivity contribution in [2.75, 3.05) is 13.7 Å². The van der Waals surface area contributed by atoms with Gasteiger partial charge < -0.3 is 9.64 Å². The summed E-state index contributed by atoms with van der Waals surface area (Å²) in [6.45, 7) is -1.93. The van der Waals surface area contributed by atoms with E-state index in [2.05, 4.69) is 4.74 Å². The van der Waals surface area contributed by atoms with Crippen LogP contribution in [0.2, 0.25) is 0 Å². The van der Waals surface area contributed by atoms with Gasteiger partial charge in [0.05, 0.1) is 11.5 Å². The number of nitro groups is 1. The maximum atomic E-state index is 11.9. The van der Waals surface area contributed by atoms with Gasteiger partial charge >= 0.3 is 12.3 Å². The number of benzene rings is 1. The van der Waals surface area contributed by atoms with Gasteiger partial charge in [0.25, 0.3) is 5.69 Å². The van der Waals surface area contributed by atoms with Crippen LogP contribution in [0.15, 0.2) is 24.3 Å². The number of nitrogens with zero attached hydrogens (tertiary/aromatic N) is 2. The number of alkyl halides is 3. The van der Waals surface area contributed by atoms with E-state index in [1.54, 1.807) is 0 Å². The lowest BCUT2D eigenvalue weighted by Gasteiger charge is -2.17. The van der Waals surface area contributed by atoms with Gasteiger partial charge in [0.1, 0.15) is 0 Å². The molecule has 0 unspecified atom stereocenters. The van der Waals surface area contributed by atoms with Gasteiger partial charge in [0, 0.05) is 18.7 Å². The highest BCUT2D eigenvalue weighted by Crippen LogP contribution is 2.20. The van der Waals surface area contributed by atoms with Crippen LogP contribution in [0.5, 0.6) is 0 Å². The normalized spacial score (nSPS) is 11.0. The summed E-state index contributed by atoms with van der Waals surface area (Å²) in [4.78, 5) is 22.3. The molecular formula is C11H11F3N2O4. The Kier molecular flexibility index (Phi) is 4.89. The number of carbonyl (C=O) groups excluding carboxylic acids is 1. The number of nitro benzene ring substituents is 1. The predicted molar refractivity (Wildman–Crippen MR) is 62.0 cm³/mol. The molecule has 20 heavy (non-hydrogen) atoms. The van der Waals surface area contributed by atoms with Gasteiger partial charge in [0.2, 0.25) is 0 Å². The molecule has 1 aromatic rings. The lowest BCUT2D eigenvalue weighted by Crippen LogP contribution is -2.30. The summed E-state index contributed by atoms with van der Waals surface area (Å²) in [5.41, 5.74) is -0.0214. The lowest BCUT2D eigenvalue weighted by molar-refractivity contribution is -0.385. The Morgan fingerprint density at radius 1 is 1.40 bits per heavy atom. The maximum absolute atomic E-state index is 11.9. The van der Waals surface area contributed by atoms with Crippen molar-refractivity contribution < 1.29 is 27.6 Å². The molecule has 1 amide bonds. The van der Waals surface area contributed by atoms with Crippen molar-refractivity contribution in [3.8, 4) is 0 Å². The van der Waals surface area contributed by atoms with Crippen LogP contribution < -0.4 is 0 Å². The van der Waals surface area contributed by atoms with E-state index in [0.29, 0.717) is 0 Å². The maximum Gasteiger partial charge on any atom is 0.422 e. The van der Waals surface area contributed by atoms with Crippen molar-refractivity contribution in [3.63, 3.8) is 0 Å². The molecule has 0 radical (unpaired) electrons. The highest BCUT2D eigenvalue weighted by Gasteiger charge is 2.30. The third-order valence-corrected chi connectivity index (χ3v) is 2.27. The quantitative estimate of drug-likeness (QED) is 0.631. The fourth-order valence-electron chi connectivity index (χ4n) is 1.40. The zero-order valence-corrected chi connectivity index (χ0v) is 10.4. The van der Waals surface area contributed by atoms with E-state index >= 15 is 0 Å². The van der Waals surface area contributed by atoms with E-state index < -0.39 is 23.8 Å². The van der Waals surface area contributed by atoms with Gasteiger partial charge in [-0.1, -0.05) is 18.2 Å². The zero-order chi connectivity index (χ0) is 15.3. The number of hydrogen-bond acceptors (Lipinski definition) is 4. The molecule has 110 valence electrons. The van der Waals surface area contributed by atoms with Crippen LogP contribution in [-0.4, -0.2) is 35.7 Å². The van der Waals surface area contributed by atoms with E-state index in [4.69, 9.17) is 0 Å². The van der Waals surface area contributed by atoms with Crippen molar-refractivity contribution in [1.29, 1.82) is 0 Å². The second-order valence-corrected chi connectivity index (χ2v) is 3.91. The number of hydrogen-bond donors (Lipinski definition) is 0. The van der Waals surface area contributed by atoms with Gasteiger partial charge in [-0.05, 0) is 0 Å². The van der Waals surface area contributed by atoms with Gasteiger partial charge in [-0.2, -0.15) is 13.2 Å². The molecule has 0 saturated heterocycles.